The molecule has 0 radical (unpaired) electrons. The minimum Gasteiger partial charge on any atom is -0.495 e. The topological polar surface area (TPSA) is 134 Å². The van der Waals surface area contributed by atoms with Crippen LogP contribution >= 0.6 is 34.7 Å². The van der Waals surface area contributed by atoms with E-state index < -0.39 is 5.92 Å². The standard InChI is InChI=1S/C29H25ClN6O3S2/c1-39-24-13-11-18(14-21(24)30)33-25(38)16-40-29-35-34-28(41-29)36-22-8-5-9-23(37)26(22)19(20(15-31)27(36)32)12-10-17-6-3-2-4-7-17/h2-4,6-7,10-14,19H,5,8-9,16,32H2,1H3,(H,33,38)/b12-10+. The summed E-state index contributed by atoms with van der Waals surface area (Å²) < 4.78 is 5.68. The van der Waals surface area contributed by atoms with Crippen molar-refractivity contribution in [1.29, 1.82) is 5.26 Å². The number of amides is 1. The highest BCUT2D eigenvalue weighted by molar-refractivity contribution is 8.01. The van der Waals surface area contributed by atoms with Gasteiger partial charge in [-0.1, -0.05) is 77.2 Å². The number of Topliss-reactive ketones (excluding diaryl/α,β-unsaturated/α-hetero) is 1. The predicted octanol–water partition coefficient (Wildman–Crippen LogP) is 5.78. The highest BCUT2D eigenvalue weighted by Crippen LogP contribution is 2.44. The Balaban J connectivity index is 1.36. The van der Waals surface area contributed by atoms with Crippen LogP contribution in [0.3, 0.4) is 0 Å². The van der Waals surface area contributed by atoms with Gasteiger partial charge in [0.2, 0.25) is 11.0 Å². The molecule has 208 valence electrons. The fraction of sp³-hybridized carbons (Fsp3) is 0.207. The zero-order valence-corrected chi connectivity index (χ0v) is 24.4. The van der Waals surface area contributed by atoms with Crippen molar-refractivity contribution in [2.75, 3.05) is 23.1 Å². The number of nitrogens with one attached hydrogen (secondary N) is 1. The average molecular weight is 605 g/mol. The monoisotopic (exact) mass is 604 g/mol. The van der Waals surface area contributed by atoms with Crippen molar-refractivity contribution in [1.82, 2.24) is 10.2 Å². The quantitative estimate of drug-likeness (QED) is 0.307. The maximum absolute atomic E-state index is 13.2. The van der Waals surface area contributed by atoms with Crippen LogP contribution in [0.2, 0.25) is 5.02 Å². The second-order valence-corrected chi connectivity index (χ2v) is 11.8. The Morgan fingerprint density at radius 1 is 1.29 bits per heavy atom. The lowest BCUT2D eigenvalue weighted by molar-refractivity contribution is -0.116. The Labute approximate surface area is 250 Å². The number of aromatic nitrogens is 2. The lowest BCUT2D eigenvalue weighted by atomic mass is 9.79. The molecule has 12 heteroatoms. The Kier molecular flexibility index (Phi) is 8.73. The number of hydrogen-bond acceptors (Lipinski definition) is 10. The number of anilines is 2. The summed E-state index contributed by atoms with van der Waals surface area (Å²) >= 11 is 8.60. The molecular weight excluding hydrogens is 580 g/mol. The van der Waals surface area contributed by atoms with Crippen LogP contribution in [0.4, 0.5) is 10.8 Å². The molecule has 41 heavy (non-hydrogen) atoms. The number of nitriles is 1. The van der Waals surface area contributed by atoms with Crippen molar-refractivity contribution in [3.05, 3.63) is 87.9 Å². The third-order valence-corrected chi connectivity index (χ3v) is 8.93. The summed E-state index contributed by atoms with van der Waals surface area (Å²) in [6.45, 7) is 0. The zero-order chi connectivity index (χ0) is 28.9. The molecule has 0 spiro atoms. The Bertz CT molecular complexity index is 1630. The van der Waals surface area contributed by atoms with Gasteiger partial charge < -0.3 is 15.8 Å². The first-order valence-corrected chi connectivity index (χ1v) is 14.9. The van der Waals surface area contributed by atoms with Crippen molar-refractivity contribution in [2.45, 2.75) is 23.6 Å². The van der Waals surface area contributed by atoms with Gasteiger partial charge in [0.1, 0.15) is 11.6 Å². The van der Waals surface area contributed by atoms with E-state index in [2.05, 4.69) is 21.6 Å². The van der Waals surface area contributed by atoms with Crippen molar-refractivity contribution in [3.63, 3.8) is 0 Å². The maximum Gasteiger partial charge on any atom is 0.234 e. The largest absolute Gasteiger partial charge is 0.495 e. The molecule has 3 aromatic rings. The van der Waals surface area contributed by atoms with Crippen LogP contribution in [0.5, 0.6) is 5.75 Å². The lowest BCUT2D eigenvalue weighted by Gasteiger charge is -2.37. The van der Waals surface area contributed by atoms with Crippen LogP contribution in [0.15, 0.2) is 81.6 Å². The Hall–Kier alpha value is -4.11. The first kappa shape index (κ1) is 28.4. The number of nitrogens with zero attached hydrogens (tertiary/aromatic N) is 4. The number of halogens is 1. The number of hydrogen-bond donors (Lipinski definition) is 2. The molecule has 1 aromatic heterocycles. The van der Waals surface area contributed by atoms with Crippen LogP contribution in [-0.4, -0.2) is 34.8 Å². The first-order chi connectivity index (χ1) is 19.9. The number of thioether (sulfide) groups is 1. The molecule has 2 heterocycles. The molecule has 0 fully saturated rings. The minimum atomic E-state index is -0.545. The van der Waals surface area contributed by atoms with Crippen LogP contribution < -0.4 is 20.7 Å². The summed E-state index contributed by atoms with van der Waals surface area (Å²) in [5.74, 6) is 0.0390. The maximum atomic E-state index is 13.2. The number of benzene rings is 2. The van der Waals surface area contributed by atoms with Crippen LogP contribution in [0.25, 0.3) is 6.08 Å². The number of nitrogens with two attached hydrogens (primary N) is 1. The molecule has 1 unspecified atom stereocenters. The molecular formula is C29H25ClN6O3S2. The van der Waals surface area contributed by atoms with Gasteiger partial charge in [-0.25, -0.2) is 0 Å². The van der Waals surface area contributed by atoms with Crippen LogP contribution in [0.1, 0.15) is 24.8 Å². The molecule has 2 aliphatic rings. The van der Waals surface area contributed by atoms with Gasteiger partial charge >= 0.3 is 0 Å². The molecule has 1 aliphatic heterocycles. The number of ketones is 1. The van der Waals surface area contributed by atoms with Gasteiger partial charge in [0, 0.05) is 29.3 Å². The molecule has 9 nitrogen and oxygen atoms in total. The van der Waals surface area contributed by atoms with E-state index in [4.69, 9.17) is 22.1 Å². The minimum absolute atomic E-state index is 0.00590. The predicted molar refractivity (Wildman–Crippen MR) is 161 cm³/mol. The summed E-state index contributed by atoms with van der Waals surface area (Å²) in [7, 11) is 1.52. The van der Waals surface area contributed by atoms with E-state index in [1.165, 1.54) is 30.2 Å². The van der Waals surface area contributed by atoms with Crippen LogP contribution in [0, 0.1) is 17.2 Å². The summed E-state index contributed by atoms with van der Waals surface area (Å²) in [6.07, 6.45) is 5.47. The Morgan fingerprint density at radius 3 is 2.83 bits per heavy atom. The van der Waals surface area contributed by atoms with Gasteiger partial charge in [-0.05, 0) is 36.6 Å². The lowest BCUT2D eigenvalue weighted by Crippen LogP contribution is -2.39. The smallest absolute Gasteiger partial charge is 0.234 e. The molecule has 1 atom stereocenters. The molecule has 2 aromatic carbocycles. The van der Waals surface area contributed by atoms with Crippen molar-refractivity contribution in [2.24, 2.45) is 11.7 Å². The fourth-order valence-corrected chi connectivity index (χ4v) is 6.67. The summed E-state index contributed by atoms with van der Waals surface area (Å²) in [4.78, 5) is 27.4. The summed E-state index contributed by atoms with van der Waals surface area (Å²) in [6, 6.07) is 16.9. The second kappa shape index (κ2) is 12.6. The summed E-state index contributed by atoms with van der Waals surface area (Å²) in [5.41, 5.74) is 9.68. The molecule has 1 aliphatic carbocycles. The highest BCUT2D eigenvalue weighted by atomic mass is 35.5. The highest BCUT2D eigenvalue weighted by Gasteiger charge is 2.39. The van der Waals surface area contributed by atoms with Crippen molar-refractivity contribution >= 4 is 63.3 Å². The van der Waals surface area contributed by atoms with Crippen molar-refractivity contribution < 1.29 is 14.3 Å². The third-order valence-electron chi connectivity index (χ3n) is 6.59. The van der Waals surface area contributed by atoms with E-state index >= 15 is 0 Å². The van der Waals surface area contributed by atoms with E-state index in [9.17, 15) is 14.9 Å². The normalized spacial score (nSPS) is 17.0. The van der Waals surface area contributed by atoms with Crippen molar-refractivity contribution in [3.8, 4) is 11.8 Å². The van der Waals surface area contributed by atoms with E-state index in [0.717, 1.165) is 11.3 Å². The number of allylic oxidation sites excluding steroid dienone is 4. The average Bonchev–Trinajstić information content (AvgIpc) is 3.44. The van der Waals surface area contributed by atoms with E-state index in [-0.39, 0.29) is 28.8 Å². The number of rotatable bonds is 8. The zero-order valence-electron chi connectivity index (χ0n) is 22.0. The molecule has 0 saturated heterocycles. The molecule has 1 amide bonds. The summed E-state index contributed by atoms with van der Waals surface area (Å²) in [5, 5.41) is 22.3. The number of ether oxygens (including phenoxy) is 1. The van der Waals surface area contributed by atoms with Gasteiger partial charge in [0.15, 0.2) is 10.1 Å². The molecule has 0 saturated carbocycles. The second-order valence-electron chi connectivity index (χ2n) is 9.17. The molecule has 0 bridgehead atoms. The SMILES string of the molecule is COc1ccc(NC(=O)CSc2nnc(N3C(N)=C(C#N)C(/C=C/c4ccccc4)C4=C3CCCC4=O)s2)cc1Cl. The fourth-order valence-electron chi connectivity index (χ4n) is 4.73. The van der Waals surface area contributed by atoms with Gasteiger partial charge in [0.05, 0.1) is 29.5 Å². The van der Waals surface area contributed by atoms with E-state index in [0.29, 0.717) is 50.8 Å². The van der Waals surface area contributed by atoms with E-state index in [1.54, 1.807) is 23.1 Å². The third kappa shape index (κ3) is 6.15. The number of carbonyl (C=O) groups excluding carboxylic acids is 2. The van der Waals surface area contributed by atoms with Gasteiger partial charge in [-0.15, -0.1) is 10.2 Å². The number of methoxy groups -OCH3 is 1. The van der Waals surface area contributed by atoms with Gasteiger partial charge in [-0.3, -0.25) is 14.5 Å². The van der Waals surface area contributed by atoms with Crippen LogP contribution in [-0.2, 0) is 9.59 Å². The van der Waals surface area contributed by atoms with E-state index in [1.807, 2.05) is 42.5 Å². The molecule has 5 rings (SSSR count). The Morgan fingerprint density at radius 2 is 2.10 bits per heavy atom. The number of carbonyl (C=O) groups is 2. The van der Waals surface area contributed by atoms with Gasteiger partial charge in [-0.2, -0.15) is 5.26 Å². The molecule has 3 N–H and O–H groups in total. The van der Waals surface area contributed by atoms with Gasteiger partial charge in [0.25, 0.3) is 0 Å². The first-order valence-electron chi connectivity index (χ1n) is 12.7.